The summed E-state index contributed by atoms with van der Waals surface area (Å²) in [6.07, 6.45) is 4.64. The molecule has 1 aliphatic carbocycles. The van der Waals surface area contributed by atoms with Gasteiger partial charge in [0.2, 0.25) is 5.91 Å². The van der Waals surface area contributed by atoms with E-state index < -0.39 is 0 Å². The lowest BCUT2D eigenvalue weighted by atomic mass is 9.59. The number of para-hydroxylation sites is 1. The number of methoxy groups -OCH3 is 1. The fraction of sp³-hybridized carbons (Fsp3) is 0.172. The zero-order chi connectivity index (χ0) is 23.1. The monoisotopic (exact) mass is 447 g/mol. The number of ether oxygens (including phenoxy) is 1. The molecule has 0 radical (unpaired) electrons. The Morgan fingerprint density at radius 2 is 1.74 bits per heavy atom. The van der Waals surface area contributed by atoms with E-state index in [2.05, 4.69) is 51.7 Å². The van der Waals surface area contributed by atoms with Crippen LogP contribution >= 0.6 is 0 Å². The van der Waals surface area contributed by atoms with Crippen LogP contribution in [0.4, 0.5) is 5.69 Å². The van der Waals surface area contributed by atoms with Gasteiger partial charge < -0.3 is 15.0 Å². The fourth-order valence-corrected chi connectivity index (χ4v) is 5.28. The Morgan fingerprint density at radius 1 is 0.941 bits per heavy atom. The number of rotatable bonds is 5. The Labute approximate surface area is 197 Å². The first-order valence-corrected chi connectivity index (χ1v) is 11.6. The summed E-state index contributed by atoms with van der Waals surface area (Å²) in [6, 6.07) is 26.4. The third-order valence-corrected chi connectivity index (χ3v) is 7.12. The number of nitrogens with zero attached hydrogens (tertiary/aromatic N) is 1. The SMILES string of the molecule is COc1ccc([C@H]2C[C@@H](c3ccc4[nH]ccc4c3)[C@H]2C(=O)Nc2cccc3cccnc23)cc1. The Bertz CT molecular complexity index is 1480. The van der Waals surface area contributed by atoms with Crippen molar-refractivity contribution in [2.45, 2.75) is 18.3 Å². The van der Waals surface area contributed by atoms with Crippen LogP contribution in [-0.4, -0.2) is 23.0 Å². The molecule has 2 heterocycles. The Balaban J connectivity index is 1.35. The van der Waals surface area contributed by atoms with Crippen LogP contribution in [0, 0.1) is 5.92 Å². The molecule has 6 rings (SSSR count). The summed E-state index contributed by atoms with van der Waals surface area (Å²) in [5, 5.41) is 5.39. The summed E-state index contributed by atoms with van der Waals surface area (Å²) < 4.78 is 5.33. The van der Waals surface area contributed by atoms with Gasteiger partial charge in [0.25, 0.3) is 0 Å². The lowest BCUT2D eigenvalue weighted by molar-refractivity contribution is -0.124. The summed E-state index contributed by atoms with van der Waals surface area (Å²) in [5.74, 6) is 0.962. The molecule has 1 saturated carbocycles. The maximum atomic E-state index is 13.8. The maximum absolute atomic E-state index is 13.8. The van der Waals surface area contributed by atoms with Gasteiger partial charge >= 0.3 is 0 Å². The van der Waals surface area contributed by atoms with Gasteiger partial charge in [-0.25, -0.2) is 0 Å². The van der Waals surface area contributed by atoms with Gasteiger partial charge in [-0.05, 0) is 77.2 Å². The number of carbonyl (C=O) groups is 1. The molecule has 5 heteroatoms. The Kier molecular flexibility index (Phi) is 5.02. The molecule has 0 aliphatic heterocycles. The highest BCUT2D eigenvalue weighted by atomic mass is 16.5. The third-order valence-electron chi connectivity index (χ3n) is 7.12. The number of pyridine rings is 1. The minimum atomic E-state index is -0.177. The van der Waals surface area contributed by atoms with Crippen LogP contribution in [0.1, 0.15) is 29.4 Å². The quantitative estimate of drug-likeness (QED) is 0.335. The van der Waals surface area contributed by atoms with Crippen molar-refractivity contribution in [3.63, 3.8) is 0 Å². The summed E-state index contributed by atoms with van der Waals surface area (Å²) in [4.78, 5) is 21.5. The molecule has 1 aliphatic rings. The molecule has 1 fully saturated rings. The third kappa shape index (κ3) is 3.50. The summed E-state index contributed by atoms with van der Waals surface area (Å²) in [6.45, 7) is 0. The van der Waals surface area contributed by atoms with Crippen LogP contribution in [-0.2, 0) is 4.79 Å². The smallest absolute Gasteiger partial charge is 0.228 e. The van der Waals surface area contributed by atoms with Crippen LogP contribution in [0.2, 0.25) is 0 Å². The van der Waals surface area contributed by atoms with Crippen LogP contribution in [0.15, 0.2) is 91.3 Å². The van der Waals surface area contributed by atoms with Crippen molar-refractivity contribution in [2.75, 3.05) is 12.4 Å². The van der Waals surface area contributed by atoms with E-state index in [1.165, 1.54) is 10.9 Å². The number of fused-ring (bicyclic) bond motifs is 2. The van der Waals surface area contributed by atoms with Crippen molar-refractivity contribution in [2.24, 2.45) is 5.92 Å². The molecule has 2 aromatic heterocycles. The number of hydrogen-bond donors (Lipinski definition) is 2. The van der Waals surface area contributed by atoms with E-state index in [-0.39, 0.29) is 23.7 Å². The number of amides is 1. The van der Waals surface area contributed by atoms with Crippen molar-refractivity contribution >= 4 is 33.4 Å². The number of aromatic nitrogens is 2. The Morgan fingerprint density at radius 3 is 2.59 bits per heavy atom. The second-order valence-corrected chi connectivity index (χ2v) is 8.94. The predicted octanol–water partition coefficient (Wildman–Crippen LogP) is 6.25. The topological polar surface area (TPSA) is 67.0 Å². The molecule has 5 nitrogen and oxygen atoms in total. The first-order valence-electron chi connectivity index (χ1n) is 11.6. The lowest BCUT2D eigenvalue weighted by Crippen LogP contribution is -2.42. The number of nitrogens with one attached hydrogen (secondary N) is 2. The number of hydrogen-bond acceptors (Lipinski definition) is 3. The molecule has 5 aromatic rings. The molecule has 3 aromatic carbocycles. The van der Waals surface area contributed by atoms with Gasteiger partial charge in [0.05, 0.1) is 24.2 Å². The van der Waals surface area contributed by atoms with Crippen LogP contribution in [0.3, 0.4) is 0 Å². The highest BCUT2D eigenvalue weighted by Crippen LogP contribution is 2.53. The van der Waals surface area contributed by atoms with Crippen LogP contribution < -0.4 is 10.1 Å². The number of anilines is 1. The van der Waals surface area contributed by atoms with Gasteiger partial charge in [-0.15, -0.1) is 0 Å². The van der Waals surface area contributed by atoms with E-state index in [0.29, 0.717) is 0 Å². The van der Waals surface area contributed by atoms with E-state index in [1.54, 1.807) is 13.3 Å². The highest BCUT2D eigenvalue weighted by Gasteiger charge is 2.47. The van der Waals surface area contributed by atoms with E-state index in [9.17, 15) is 4.79 Å². The molecule has 0 saturated heterocycles. The van der Waals surface area contributed by atoms with Crippen molar-refractivity contribution in [1.29, 1.82) is 0 Å². The predicted molar refractivity (Wildman–Crippen MR) is 135 cm³/mol. The molecule has 168 valence electrons. The number of aromatic amines is 1. The lowest BCUT2D eigenvalue weighted by Gasteiger charge is -2.44. The van der Waals surface area contributed by atoms with E-state index >= 15 is 0 Å². The van der Waals surface area contributed by atoms with Crippen molar-refractivity contribution in [1.82, 2.24) is 9.97 Å². The zero-order valence-electron chi connectivity index (χ0n) is 18.9. The van der Waals surface area contributed by atoms with Crippen molar-refractivity contribution < 1.29 is 9.53 Å². The van der Waals surface area contributed by atoms with Crippen LogP contribution in [0.25, 0.3) is 21.8 Å². The fourth-order valence-electron chi connectivity index (χ4n) is 5.28. The van der Waals surface area contributed by atoms with Gasteiger partial charge in [-0.1, -0.05) is 36.4 Å². The second kappa shape index (κ2) is 8.34. The Hall–Kier alpha value is -4.12. The molecule has 1 amide bonds. The first kappa shape index (κ1) is 20.5. The summed E-state index contributed by atoms with van der Waals surface area (Å²) in [7, 11) is 1.67. The van der Waals surface area contributed by atoms with E-state index in [4.69, 9.17) is 4.74 Å². The average Bonchev–Trinajstić information content (AvgIpc) is 3.32. The van der Waals surface area contributed by atoms with Crippen molar-refractivity contribution in [3.05, 3.63) is 102 Å². The van der Waals surface area contributed by atoms with Gasteiger partial charge in [0.1, 0.15) is 5.75 Å². The van der Waals surface area contributed by atoms with Gasteiger partial charge in [-0.2, -0.15) is 0 Å². The first-order chi connectivity index (χ1) is 16.7. The van der Waals surface area contributed by atoms with Gasteiger partial charge in [-0.3, -0.25) is 9.78 Å². The average molecular weight is 448 g/mol. The molecule has 3 atom stereocenters. The highest BCUT2D eigenvalue weighted by molar-refractivity contribution is 6.02. The molecule has 0 unspecified atom stereocenters. The minimum absolute atomic E-state index is 0.0318. The maximum Gasteiger partial charge on any atom is 0.228 e. The van der Waals surface area contributed by atoms with Crippen LogP contribution in [0.5, 0.6) is 5.75 Å². The van der Waals surface area contributed by atoms with E-state index in [1.807, 2.05) is 48.7 Å². The summed E-state index contributed by atoms with van der Waals surface area (Å²) >= 11 is 0. The zero-order valence-corrected chi connectivity index (χ0v) is 18.9. The molecular weight excluding hydrogens is 422 g/mol. The van der Waals surface area contributed by atoms with Gasteiger partial charge in [0.15, 0.2) is 0 Å². The molecular formula is C29H25N3O2. The van der Waals surface area contributed by atoms with Crippen molar-refractivity contribution in [3.8, 4) is 5.75 Å². The summed E-state index contributed by atoms with van der Waals surface area (Å²) in [5.41, 5.74) is 5.04. The number of carbonyl (C=O) groups excluding carboxylic acids is 1. The molecule has 0 bridgehead atoms. The molecule has 0 spiro atoms. The second-order valence-electron chi connectivity index (χ2n) is 8.94. The molecule has 2 N–H and O–H groups in total. The number of benzene rings is 3. The normalized spacial score (nSPS) is 19.6. The van der Waals surface area contributed by atoms with E-state index in [0.717, 1.165) is 39.8 Å². The largest absolute Gasteiger partial charge is 0.497 e. The van der Waals surface area contributed by atoms with Gasteiger partial charge in [0, 0.05) is 23.3 Å². The minimum Gasteiger partial charge on any atom is -0.497 e. The number of H-pyrrole nitrogens is 1. The standard InChI is InChI=1S/C29H25N3O2/c1-34-22-10-7-18(8-11-22)23-17-24(20-9-12-25-21(16-20)13-15-30-25)27(23)29(33)32-26-6-2-4-19-5-3-14-31-28(19)26/h2-16,23-24,27,30H,17H2,1H3,(H,32,33)/t23-,24+,27+/m1/s1. The molecule has 34 heavy (non-hydrogen) atoms.